The Balaban J connectivity index is 1.95. The Morgan fingerprint density at radius 3 is 2.60 bits per heavy atom. The van der Waals surface area contributed by atoms with Gasteiger partial charge in [0.05, 0.1) is 19.3 Å². The quantitative estimate of drug-likeness (QED) is 0.588. The van der Waals surface area contributed by atoms with Gasteiger partial charge in [-0.3, -0.25) is 9.67 Å². The molecule has 2 rings (SSSR count). The third-order valence-electron chi connectivity index (χ3n) is 3.49. The highest BCUT2D eigenvalue weighted by molar-refractivity contribution is 5.79. The number of halogens is 2. The van der Waals surface area contributed by atoms with E-state index in [1.54, 1.807) is 30.1 Å². The summed E-state index contributed by atoms with van der Waals surface area (Å²) in [6.07, 6.45) is 1.72. The summed E-state index contributed by atoms with van der Waals surface area (Å²) in [4.78, 5) is 4.13. The molecule has 7 nitrogen and oxygen atoms in total. The molecule has 0 saturated heterocycles. The summed E-state index contributed by atoms with van der Waals surface area (Å²) in [6.45, 7) is -1.97. The van der Waals surface area contributed by atoms with E-state index in [0.717, 1.165) is 11.3 Å². The largest absolute Gasteiger partial charge is 0.493 e. The minimum absolute atomic E-state index is 0.00497. The summed E-state index contributed by atoms with van der Waals surface area (Å²) in [6, 6.07) is 6.75. The Labute approximate surface area is 144 Å². The van der Waals surface area contributed by atoms with Crippen LogP contribution in [0.4, 0.5) is 8.78 Å². The summed E-state index contributed by atoms with van der Waals surface area (Å²) < 4.78 is 36.2. The highest BCUT2D eigenvalue weighted by atomic mass is 19.3. The number of benzene rings is 1. The van der Waals surface area contributed by atoms with Crippen LogP contribution in [0.5, 0.6) is 11.5 Å². The van der Waals surface area contributed by atoms with Crippen LogP contribution >= 0.6 is 0 Å². The number of aryl methyl sites for hydroxylation is 1. The van der Waals surface area contributed by atoms with Gasteiger partial charge in [-0.2, -0.15) is 13.9 Å². The van der Waals surface area contributed by atoms with Crippen LogP contribution in [0.25, 0.3) is 0 Å². The van der Waals surface area contributed by atoms with Crippen molar-refractivity contribution in [2.24, 2.45) is 12.0 Å². The lowest BCUT2D eigenvalue weighted by Crippen LogP contribution is -2.36. The van der Waals surface area contributed by atoms with Crippen molar-refractivity contribution in [3.05, 3.63) is 41.7 Å². The van der Waals surface area contributed by atoms with Crippen LogP contribution in [0.2, 0.25) is 0 Å². The molecule has 0 radical (unpaired) electrons. The Bertz CT molecular complexity index is 718. The predicted octanol–water partition coefficient (Wildman–Crippen LogP) is 1.90. The molecular weight excluding hydrogens is 332 g/mol. The van der Waals surface area contributed by atoms with E-state index in [1.807, 2.05) is 13.1 Å². The molecule has 1 aromatic carbocycles. The first-order valence-corrected chi connectivity index (χ1v) is 7.56. The fourth-order valence-electron chi connectivity index (χ4n) is 2.17. The minimum atomic E-state index is -2.91. The zero-order valence-corrected chi connectivity index (χ0v) is 14.3. The van der Waals surface area contributed by atoms with Gasteiger partial charge in [-0.05, 0) is 23.8 Å². The number of nitrogens with zero attached hydrogens (tertiary/aromatic N) is 3. The first-order valence-electron chi connectivity index (χ1n) is 7.56. The summed E-state index contributed by atoms with van der Waals surface area (Å²) in [5, 5.41) is 10.4. The molecule has 2 N–H and O–H groups in total. The van der Waals surface area contributed by atoms with Gasteiger partial charge in [0.25, 0.3) is 0 Å². The Morgan fingerprint density at radius 2 is 2.00 bits per heavy atom. The van der Waals surface area contributed by atoms with Gasteiger partial charge in [0.1, 0.15) is 0 Å². The van der Waals surface area contributed by atoms with E-state index >= 15 is 0 Å². The molecule has 136 valence electrons. The van der Waals surface area contributed by atoms with E-state index in [1.165, 1.54) is 13.2 Å². The maximum Gasteiger partial charge on any atom is 0.387 e. The van der Waals surface area contributed by atoms with E-state index in [9.17, 15) is 8.78 Å². The van der Waals surface area contributed by atoms with Crippen molar-refractivity contribution in [2.45, 2.75) is 19.7 Å². The van der Waals surface area contributed by atoms with Gasteiger partial charge in [-0.1, -0.05) is 6.07 Å². The molecule has 0 spiro atoms. The van der Waals surface area contributed by atoms with E-state index in [-0.39, 0.29) is 11.5 Å². The summed E-state index contributed by atoms with van der Waals surface area (Å²) in [5.41, 5.74) is 1.75. The van der Waals surface area contributed by atoms with Crippen LogP contribution in [0.1, 0.15) is 11.3 Å². The molecule has 0 unspecified atom stereocenters. The molecule has 0 aliphatic carbocycles. The molecule has 9 heteroatoms. The SMILES string of the molecule is CN=C(NCc1ccc(OC)c(OC(F)F)c1)NCc1ccnn1C. The number of ether oxygens (including phenoxy) is 2. The van der Waals surface area contributed by atoms with Gasteiger partial charge >= 0.3 is 6.61 Å². The van der Waals surface area contributed by atoms with Crippen molar-refractivity contribution in [1.29, 1.82) is 0 Å². The second-order valence-corrected chi connectivity index (χ2v) is 5.09. The number of alkyl halides is 2. The van der Waals surface area contributed by atoms with Gasteiger partial charge in [0.2, 0.25) is 0 Å². The van der Waals surface area contributed by atoms with Gasteiger partial charge < -0.3 is 20.1 Å². The zero-order chi connectivity index (χ0) is 18.2. The van der Waals surface area contributed by atoms with Crippen molar-refractivity contribution in [2.75, 3.05) is 14.2 Å². The van der Waals surface area contributed by atoms with Crippen LogP contribution in [0.3, 0.4) is 0 Å². The molecule has 2 aromatic rings. The first kappa shape index (κ1) is 18.5. The fraction of sp³-hybridized carbons (Fsp3) is 0.375. The number of rotatable bonds is 7. The number of aliphatic imine (C=N–C) groups is 1. The van der Waals surface area contributed by atoms with Crippen molar-refractivity contribution in [3.63, 3.8) is 0 Å². The van der Waals surface area contributed by atoms with E-state index in [4.69, 9.17) is 4.74 Å². The molecule has 0 fully saturated rings. The van der Waals surface area contributed by atoms with Gasteiger partial charge in [0.15, 0.2) is 17.5 Å². The van der Waals surface area contributed by atoms with Crippen molar-refractivity contribution in [3.8, 4) is 11.5 Å². The lowest BCUT2D eigenvalue weighted by molar-refractivity contribution is -0.0512. The van der Waals surface area contributed by atoms with E-state index in [0.29, 0.717) is 19.0 Å². The Kier molecular flexibility index (Phi) is 6.55. The van der Waals surface area contributed by atoms with E-state index in [2.05, 4.69) is 25.5 Å². The van der Waals surface area contributed by atoms with E-state index < -0.39 is 6.61 Å². The zero-order valence-electron chi connectivity index (χ0n) is 14.3. The molecular formula is C16H21F2N5O2. The van der Waals surface area contributed by atoms with Gasteiger partial charge in [-0.25, -0.2) is 0 Å². The van der Waals surface area contributed by atoms with Crippen LogP contribution in [0.15, 0.2) is 35.5 Å². The Morgan fingerprint density at radius 1 is 1.24 bits per heavy atom. The topological polar surface area (TPSA) is 72.7 Å². The second-order valence-electron chi connectivity index (χ2n) is 5.09. The highest BCUT2D eigenvalue weighted by Gasteiger charge is 2.11. The number of guanidine groups is 1. The minimum Gasteiger partial charge on any atom is -0.493 e. The second kappa shape index (κ2) is 8.86. The lowest BCUT2D eigenvalue weighted by Gasteiger charge is -2.14. The maximum absolute atomic E-state index is 12.5. The third-order valence-corrected chi connectivity index (χ3v) is 3.49. The molecule has 0 aliphatic heterocycles. The van der Waals surface area contributed by atoms with Crippen molar-refractivity contribution >= 4 is 5.96 Å². The molecule has 0 aliphatic rings. The number of hydrogen-bond acceptors (Lipinski definition) is 4. The molecule has 0 atom stereocenters. The molecule has 1 heterocycles. The summed E-state index contributed by atoms with van der Waals surface area (Å²) in [7, 11) is 4.91. The van der Waals surface area contributed by atoms with Crippen molar-refractivity contribution in [1.82, 2.24) is 20.4 Å². The molecule has 0 bridgehead atoms. The molecule has 1 aromatic heterocycles. The average Bonchev–Trinajstić information content (AvgIpc) is 3.00. The Hall–Kier alpha value is -2.84. The third kappa shape index (κ3) is 5.33. The normalized spacial score (nSPS) is 11.5. The number of nitrogens with one attached hydrogen (secondary N) is 2. The fourth-order valence-corrected chi connectivity index (χ4v) is 2.17. The van der Waals surface area contributed by atoms with Crippen LogP contribution < -0.4 is 20.1 Å². The molecule has 0 saturated carbocycles. The number of hydrogen-bond donors (Lipinski definition) is 2. The highest BCUT2D eigenvalue weighted by Crippen LogP contribution is 2.29. The lowest BCUT2D eigenvalue weighted by atomic mass is 10.2. The van der Waals surface area contributed by atoms with Gasteiger partial charge in [-0.15, -0.1) is 0 Å². The number of aromatic nitrogens is 2. The smallest absolute Gasteiger partial charge is 0.387 e. The van der Waals surface area contributed by atoms with Crippen molar-refractivity contribution < 1.29 is 18.3 Å². The first-order chi connectivity index (χ1) is 12.0. The molecule has 0 amide bonds. The monoisotopic (exact) mass is 353 g/mol. The van der Waals surface area contributed by atoms with Crippen LogP contribution in [0, 0.1) is 0 Å². The average molecular weight is 353 g/mol. The summed E-state index contributed by atoms with van der Waals surface area (Å²) >= 11 is 0. The van der Waals surface area contributed by atoms with Gasteiger partial charge in [0, 0.05) is 26.8 Å². The standard InChI is InChI=1S/C16H21F2N5O2/c1-19-16(21-10-12-6-7-22-23(12)2)20-9-11-4-5-13(24-3)14(8-11)25-15(17)18/h4-8,15H,9-10H2,1-3H3,(H2,19,20,21). The molecule has 25 heavy (non-hydrogen) atoms. The predicted molar refractivity (Wildman–Crippen MR) is 89.9 cm³/mol. The summed E-state index contributed by atoms with van der Waals surface area (Å²) in [5.74, 6) is 0.825. The maximum atomic E-state index is 12.5. The van der Waals surface area contributed by atoms with Crippen LogP contribution in [-0.2, 0) is 20.1 Å². The number of methoxy groups -OCH3 is 1. The van der Waals surface area contributed by atoms with Crippen LogP contribution in [-0.4, -0.2) is 36.5 Å².